The number of anilines is 1. The Labute approximate surface area is 146 Å². The Hall–Kier alpha value is -3.33. The van der Waals surface area contributed by atoms with Gasteiger partial charge in [0.25, 0.3) is 5.91 Å². The van der Waals surface area contributed by atoms with Crippen molar-refractivity contribution >= 4 is 28.1 Å². The minimum atomic E-state index is -0.562. The molecule has 0 aliphatic rings. The van der Waals surface area contributed by atoms with E-state index in [9.17, 15) is 14.9 Å². The maximum absolute atomic E-state index is 12.0. The number of amides is 1. The van der Waals surface area contributed by atoms with E-state index in [0.717, 1.165) is 0 Å². The SMILES string of the molecule is O=C(COc1ccccc1[N+](=O)[O-])Nc1nc(-c2ccccn2)cs1. The van der Waals surface area contributed by atoms with Crippen LogP contribution in [0.1, 0.15) is 0 Å². The Bertz CT molecular complexity index is 898. The number of aromatic nitrogens is 2. The van der Waals surface area contributed by atoms with Crippen molar-refractivity contribution in [2.24, 2.45) is 0 Å². The summed E-state index contributed by atoms with van der Waals surface area (Å²) in [6, 6.07) is 11.3. The minimum Gasteiger partial charge on any atom is -0.477 e. The Morgan fingerprint density at radius 1 is 1.20 bits per heavy atom. The van der Waals surface area contributed by atoms with Crippen molar-refractivity contribution in [2.75, 3.05) is 11.9 Å². The second-order valence-corrected chi connectivity index (χ2v) is 5.67. The van der Waals surface area contributed by atoms with Gasteiger partial charge in [0.15, 0.2) is 17.5 Å². The van der Waals surface area contributed by atoms with Crippen molar-refractivity contribution in [3.05, 3.63) is 64.2 Å². The van der Waals surface area contributed by atoms with Gasteiger partial charge in [-0.1, -0.05) is 18.2 Å². The van der Waals surface area contributed by atoms with Crippen LogP contribution in [0, 0.1) is 10.1 Å². The largest absolute Gasteiger partial charge is 0.477 e. The van der Waals surface area contributed by atoms with Crippen LogP contribution >= 0.6 is 11.3 Å². The molecule has 126 valence electrons. The second-order valence-electron chi connectivity index (χ2n) is 4.81. The summed E-state index contributed by atoms with van der Waals surface area (Å²) < 4.78 is 5.23. The van der Waals surface area contributed by atoms with Crippen molar-refractivity contribution in [1.82, 2.24) is 9.97 Å². The normalized spacial score (nSPS) is 10.2. The summed E-state index contributed by atoms with van der Waals surface area (Å²) in [5.74, 6) is -0.420. The standard InChI is InChI=1S/C16H12N4O4S/c21-15(9-24-14-7-2-1-6-13(14)20(22)23)19-16-18-12(10-25-16)11-5-3-4-8-17-11/h1-8,10H,9H2,(H,18,19,21). The number of para-hydroxylation sites is 2. The number of thiazole rings is 1. The second kappa shape index (κ2) is 7.49. The average molecular weight is 356 g/mol. The molecule has 0 aliphatic carbocycles. The lowest BCUT2D eigenvalue weighted by atomic mass is 10.3. The lowest BCUT2D eigenvalue weighted by Gasteiger charge is -2.06. The third kappa shape index (κ3) is 4.15. The number of nitrogens with zero attached hydrogens (tertiary/aromatic N) is 3. The molecule has 1 aromatic carbocycles. The fraction of sp³-hybridized carbons (Fsp3) is 0.0625. The molecule has 9 heteroatoms. The first-order valence-corrected chi connectivity index (χ1v) is 8.04. The van der Waals surface area contributed by atoms with Crippen LogP contribution in [0.2, 0.25) is 0 Å². The zero-order chi connectivity index (χ0) is 17.6. The molecule has 1 N–H and O–H groups in total. The van der Waals surface area contributed by atoms with Crippen LogP contribution in [0.5, 0.6) is 5.75 Å². The summed E-state index contributed by atoms with van der Waals surface area (Å²) in [4.78, 5) is 30.8. The molecule has 0 radical (unpaired) electrons. The summed E-state index contributed by atoms with van der Waals surface area (Å²) in [5, 5.41) is 15.7. The Morgan fingerprint density at radius 3 is 2.76 bits per heavy atom. The average Bonchev–Trinajstić information content (AvgIpc) is 3.09. The van der Waals surface area contributed by atoms with E-state index in [1.54, 1.807) is 23.7 Å². The Morgan fingerprint density at radius 2 is 2.00 bits per heavy atom. The van der Waals surface area contributed by atoms with Crippen molar-refractivity contribution in [1.29, 1.82) is 0 Å². The maximum Gasteiger partial charge on any atom is 0.310 e. The number of benzene rings is 1. The first-order chi connectivity index (χ1) is 12.1. The van der Waals surface area contributed by atoms with Gasteiger partial charge in [-0.05, 0) is 18.2 Å². The topological polar surface area (TPSA) is 107 Å². The number of ether oxygens (including phenoxy) is 1. The number of hydrogen-bond acceptors (Lipinski definition) is 7. The van der Waals surface area contributed by atoms with Gasteiger partial charge in [-0.15, -0.1) is 11.3 Å². The number of nitro groups is 1. The highest BCUT2D eigenvalue weighted by atomic mass is 32.1. The molecule has 0 saturated heterocycles. The van der Waals surface area contributed by atoms with Gasteiger partial charge >= 0.3 is 5.69 Å². The van der Waals surface area contributed by atoms with E-state index in [0.29, 0.717) is 16.5 Å². The summed E-state index contributed by atoms with van der Waals surface area (Å²) in [7, 11) is 0. The highest BCUT2D eigenvalue weighted by Crippen LogP contribution is 2.26. The number of rotatable bonds is 6. The van der Waals surface area contributed by atoms with E-state index in [1.807, 2.05) is 12.1 Å². The predicted octanol–water partition coefficient (Wildman–Crippen LogP) is 3.13. The molecule has 0 aliphatic heterocycles. The molecule has 8 nitrogen and oxygen atoms in total. The van der Waals surface area contributed by atoms with Crippen LogP contribution < -0.4 is 10.1 Å². The summed E-state index contributed by atoms with van der Waals surface area (Å²) in [5.41, 5.74) is 1.16. The first-order valence-electron chi connectivity index (χ1n) is 7.16. The molecule has 1 amide bonds. The predicted molar refractivity (Wildman–Crippen MR) is 92.6 cm³/mol. The van der Waals surface area contributed by atoms with E-state index in [1.165, 1.54) is 29.5 Å². The van der Waals surface area contributed by atoms with Gasteiger partial charge in [0, 0.05) is 17.6 Å². The van der Waals surface area contributed by atoms with E-state index in [4.69, 9.17) is 4.74 Å². The first kappa shape index (κ1) is 16.5. The number of carbonyl (C=O) groups excluding carboxylic acids is 1. The van der Waals surface area contributed by atoms with Crippen LogP contribution in [-0.4, -0.2) is 27.4 Å². The third-order valence-corrected chi connectivity index (χ3v) is 3.86. The van der Waals surface area contributed by atoms with Crippen LogP contribution in [0.3, 0.4) is 0 Å². The van der Waals surface area contributed by atoms with E-state index in [2.05, 4.69) is 15.3 Å². The number of carbonyl (C=O) groups is 1. The highest BCUT2D eigenvalue weighted by Gasteiger charge is 2.15. The fourth-order valence-corrected chi connectivity index (χ4v) is 2.71. The Balaban J connectivity index is 1.61. The maximum atomic E-state index is 12.0. The smallest absolute Gasteiger partial charge is 0.310 e. The van der Waals surface area contributed by atoms with E-state index in [-0.39, 0.29) is 18.0 Å². The van der Waals surface area contributed by atoms with Crippen LogP contribution in [0.4, 0.5) is 10.8 Å². The lowest BCUT2D eigenvalue weighted by Crippen LogP contribution is -2.20. The van der Waals surface area contributed by atoms with Gasteiger partial charge in [-0.25, -0.2) is 4.98 Å². The van der Waals surface area contributed by atoms with Crippen molar-refractivity contribution < 1.29 is 14.5 Å². The zero-order valence-corrected chi connectivity index (χ0v) is 13.6. The molecule has 0 saturated carbocycles. The number of nitro benzene ring substituents is 1. The lowest BCUT2D eigenvalue weighted by molar-refractivity contribution is -0.385. The molecule has 0 fully saturated rings. The summed E-state index contributed by atoms with van der Waals surface area (Å²) in [6.45, 7) is -0.358. The van der Waals surface area contributed by atoms with Gasteiger partial charge in [0.1, 0.15) is 5.69 Å². The molecular weight excluding hydrogens is 344 g/mol. The van der Waals surface area contributed by atoms with Gasteiger partial charge in [-0.3, -0.25) is 25.2 Å². The molecule has 0 bridgehead atoms. The quantitative estimate of drug-likeness (QED) is 0.537. The Kier molecular flexibility index (Phi) is 4.95. The summed E-state index contributed by atoms with van der Waals surface area (Å²) in [6.07, 6.45) is 1.66. The van der Waals surface area contributed by atoms with E-state index < -0.39 is 10.8 Å². The van der Waals surface area contributed by atoms with Gasteiger partial charge in [-0.2, -0.15) is 0 Å². The molecule has 0 spiro atoms. The fourth-order valence-electron chi connectivity index (χ4n) is 1.99. The van der Waals surface area contributed by atoms with Crippen molar-refractivity contribution in [2.45, 2.75) is 0 Å². The van der Waals surface area contributed by atoms with Gasteiger partial charge < -0.3 is 4.74 Å². The molecule has 2 aromatic heterocycles. The monoisotopic (exact) mass is 356 g/mol. The highest BCUT2D eigenvalue weighted by molar-refractivity contribution is 7.14. The van der Waals surface area contributed by atoms with Crippen molar-refractivity contribution in [3.63, 3.8) is 0 Å². The molecular formula is C16H12N4O4S. The minimum absolute atomic E-state index is 0.0379. The zero-order valence-electron chi connectivity index (χ0n) is 12.8. The molecule has 3 rings (SSSR count). The van der Waals surface area contributed by atoms with Gasteiger partial charge in [0.2, 0.25) is 0 Å². The molecule has 25 heavy (non-hydrogen) atoms. The third-order valence-electron chi connectivity index (χ3n) is 3.10. The van der Waals surface area contributed by atoms with Gasteiger partial charge in [0.05, 0.1) is 10.6 Å². The van der Waals surface area contributed by atoms with Crippen LogP contribution in [0.25, 0.3) is 11.4 Å². The van der Waals surface area contributed by atoms with Crippen molar-refractivity contribution in [3.8, 4) is 17.1 Å². The molecule has 0 unspecified atom stereocenters. The molecule has 3 aromatic rings. The molecule has 2 heterocycles. The van der Waals surface area contributed by atoms with Crippen LogP contribution in [-0.2, 0) is 4.79 Å². The van der Waals surface area contributed by atoms with E-state index >= 15 is 0 Å². The van der Waals surface area contributed by atoms with Crippen LogP contribution in [0.15, 0.2) is 54.0 Å². The number of pyridine rings is 1. The molecule has 0 atom stereocenters. The summed E-state index contributed by atoms with van der Waals surface area (Å²) >= 11 is 1.26. The number of nitrogens with one attached hydrogen (secondary N) is 1. The number of hydrogen-bond donors (Lipinski definition) is 1.